The Morgan fingerprint density at radius 3 is 3.07 bits per heavy atom. The van der Waals surface area contributed by atoms with Gasteiger partial charge in [-0.3, -0.25) is 4.79 Å². The van der Waals surface area contributed by atoms with Gasteiger partial charge < -0.3 is 9.88 Å². The molecule has 0 saturated heterocycles. The van der Waals surface area contributed by atoms with E-state index in [2.05, 4.69) is 48.7 Å². The van der Waals surface area contributed by atoms with Crippen LogP contribution in [-0.4, -0.2) is 31.4 Å². The largest absolute Gasteiger partial charge is 0.310 e. The van der Waals surface area contributed by atoms with Crippen LogP contribution in [0.3, 0.4) is 0 Å². The van der Waals surface area contributed by atoms with Crippen LogP contribution in [0.5, 0.6) is 0 Å². The van der Waals surface area contributed by atoms with Crippen molar-refractivity contribution in [2.45, 2.75) is 31.3 Å². The van der Waals surface area contributed by atoms with Crippen LogP contribution >= 0.6 is 39.0 Å². The van der Waals surface area contributed by atoms with E-state index in [0.29, 0.717) is 5.82 Å². The van der Waals surface area contributed by atoms with Crippen molar-refractivity contribution in [2.24, 2.45) is 13.0 Å². The highest BCUT2D eigenvalue weighted by atomic mass is 79.9. The Morgan fingerprint density at radius 1 is 1.43 bits per heavy atom. The maximum absolute atomic E-state index is 12.2. The molecule has 6 nitrogen and oxygen atoms in total. The second kappa shape index (κ2) is 8.34. The number of amides is 1. The van der Waals surface area contributed by atoms with Crippen molar-refractivity contribution in [3.8, 4) is 11.4 Å². The summed E-state index contributed by atoms with van der Waals surface area (Å²) in [6.07, 6.45) is 5.14. The van der Waals surface area contributed by atoms with Gasteiger partial charge in [-0.25, -0.2) is 4.98 Å². The van der Waals surface area contributed by atoms with Crippen LogP contribution in [0.1, 0.15) is 23.8 Å². The third kappa shape index (κ3) is 4.16. The van der Waals surface area contributed by atoms with Crippen LogP contribution in [0.25, 0.3) is 11.4 Å². The van der Waals surface area contributed by atoms with E-state index in [-0.39, 0.29) is 11.7 Å². The number of pyridine rings is 1. The summed E-state index contributed by atoms with van der Waals surface area (Å²) >= 11 is 6.53. The summed E-state index contributed by atoms with van der Waals surface area (Å²) in [7, 11) is 1.96. The van der Waals surface area contributed by atoms with Gasteiger partial charge in [-0.2, -0.15) is 0 Å². The second-order valence-corrected chi connectivity index (χ2v) is 9.79. The number of thioether (sulfide) groups is 1. The maximum Gasteiger partial charge on any atom is 0.236 e. The fourth-order valence-electron chi connectivity index (χ4n) is 3.30. The fourth-order valence-corrected chi connectivity index (χ4v) is 5.49. The van der Waals surface area contributed by atoms with Gasteiger partial charge in [0.2, 0.25) is 5.91 Å². The Labute approximate surface area is 180 Å². The molecular weight excluding hydrogens is 458 g/mol. The molecule has 9 heteroatoms. The highest BCUT2D eigenvalue weighted by Crippen LogP contribution is 2.38. The quantitative estimate of drug-likeness (QED) is 0.545. The average Bonchev–Trinajstić information content (AvgIpc) is 3.24. The summed E-state index contributed by atoms with van der Waals surface area (Å²) in [4.78, 5) is 17.8. The Balaban J connectivity index is 1.43. The van der Waals surface area contributed by atoms with E-state index in [1.807, 2.05) is 29.0 Å². The van der Waals surface area contributed by atoms with Crippen LogP contribution in [0.2, 0.25) is 0 Å². The summed E-state index contributed by atoms with van der Waals surface area (Å²) in [5, 5.41) is 14.4. The van der Waals surface area contributed by atoms with Gasteiger partial charge >= 0.3 is 0 Å². The van der Waals surface area contributed by atoms with Gasteiger partial charge in [0.05, 0.1) is 5.75 Å². The smallest absolute Gasteiger partial charge is 0.236 e. The van der Waals surface area contributed by atoms with E-state index >= 15 is 0 Å². The molecule has 3 heterocycles. The molecule has 0 aliphatic heterocycles. The first-order chi connectivity index (χ1) is 13.5. The summed E-state index contributed by atoms with van der Waals surface area (Å²) < 4.78 is 2.85. The summed E-state index contributed by atoms with van der Waals surface area (Å²) in [5.41, 5.74) is 2.62. The molecule has 0 bridgehead atoms. The minimum Gasteiger partial charge on any atom is -0.310 e. The Kier molecular flexibility index (Phi) is 5.84. The van der Waals surface area contributed by atoms with Gasteiger partial charge in [0.25, 0.3) is 0 Å². The van der Waals surface area contributed by atoms with E-state index < -0.39 is 0 Å². The molecule has 1 amide bonds. The number of hydrogen-bond acceptors (Lipinski definition) is 6. The van der Waals surface area contributed by atoms with Crippen LogP contribution < -0.4 is 5.32 Å². The first-order valence-corrected chi connectivity index (χ1v) is 11.7. The molecule has 4 rings (SSSR count). The van der Waals surface area contributed by atoms with Crippen molar-refractivity contribution in [1.29, 1.82) is 0 Å². The van der Waals surface area contributed by atoms with E-state index in [4.69, 9.17) is 0 Å². The topological polar surface area (TPSA) is 72.7 Å². The summed E-state index contributed by atoms with van der Waals surface area (Å²) in [6.45, 7) is 2.31. The lowest BCUT2D eigenvalue weighted by Gasteiger charge is -2.18. The number of nitrogens with zero attached hydrogens (tertiary/aromatic N) is 4. The van der Waals surface area contributed by atoms with Crippen LogP contribution in [-0.2, 0) is 24.7 Å². The lowest BCUT2D eigenvalue weighted by Crippen LogP contribution is -2.15. The Hall–Kier alpha value is -1.71. The highest BCUT2D eigenvalue weighted by Gasteiger charge is 2.23. The number of anilines is 1. The normalized spacial score (nSPS) is 16.0. The van der Waals surface area contributed by atoms with Crippen molar-refractivity contribution in [1.82, 2.24) is 19.7 Å². The molecule has 3 aromatic heterocycles. The number of hydrogen-bond donors (Lipinski definition) is 1. The maximum atomic E-state index is 12.2. The minimum absolute atomic E-state index is 0.119. The van der Waals surface area contributed by atoms with Gasteiger partial charge in [0, 0.05) is 33.5 Å². The number of nitrogens with one attached hydrogen (secondary N) is 1. The van der Waals surface area contributed by atoms with Gasteiger partial charge in [0.1, 0.15) is 5.82 Å². The molecule has 1 aliphatic rings. The first kappa shape index (κ1) is 19.6. The number of thiophene rings is 1. The molecule has 1 atom stereocenters. The van der Waals surface area contributed by atoms with Crippen molar-refractivity contribution in [2.75, 3.05) is 11.1 Å². The van der Waals surface area contributed by atoms with Crippen LogP contribution in [0.4, 0.5) is 5.82 Å². The lowest BCUT2D eigenvalue weighted by atomic mass is 9.88. The van der Waals surface area contributed by atoms with E-state index in [1.54, 1.807) is 12.3 Å². The van der Waals surface area contributed by atoms with Crippen molar-refractivity contribution in [3.63, 3.8) is 0 Å². The number of carbonyl (C=O) groups excluding carboxylic acids is 1. The number of aromatic nitrogens is 4. The third-order valence-electron chi connectivity index (χ3n) is 4.80. The zero-order chi connectivity index (χ0) is 19.7. The molecule has 1 N–H and O–H groups in total. The predicted octanol–water partition coefficient (Wildman–Crippen LogP) is 4.56. The molecule has 0 fully saturated rings. The third-order valence-corrected chi connectivity index (χ3v) is 7.35. The SMILES string of the molecule is CC1CCc2c(-c3nnc(SCC(=O)Nc4ccc(Br)cn4)n3C)csc2C1. The monoisotopic (exact) mass is 477 g/mol. The Bertz CT molecular complexity index is 998. The molecule has 0 radical (unpaired) electrons. The molecule has 0 saturated carbocycles. The van der Waals surface area contributed by atoms with Gasteiger partial charge in [-0.15, -0.1) is 21.5 Å². The van der Waals surface area contributed by atoms with Crippen molar-refractivity contribution in [3.05, 3.63) is 38.6 Å². The molecule has 146 valence electrons. The standard InChI is InChI=1S/C19H20BrN5OS2/c1-11-3-5-13-14(9-27-15(13)7-11)18-23-24-19(25(18)2)28-10-17(26)22-16-6-4-12(20)8-21-16/h4,6,8-9,11H,3,5,7,10H2,1-2H3,(H,21,22,26). The number of rotatable bonds is 5. The van der Waals surface area contributed by atoms with Gasteiger partial charge in [-0.05, 0) is 58.8 Å². The number of halogens is 1. The molecule has 0 aromatic carbocycles. The fraction of sp³-hybridized carbons (Fsp3) is 0.368. The summed E-state index contributed by atoms with van der Waals surface area (Å²) in [5.74, 6) is 2.30. The van der Waals surface area contributed by atoms with Crippen LogP contribution in [0, 0.1) is 5.92 Å². The molecule has 1 aliphatic carbocycles. The first-order valence-electron chi connectivity index (χ1n) is 9.04. The lowest BCUT2D eigenvalue weighted by molar-refractivity contribution is -0.113. The molecule has 0 spiro atoms. The number of fused-ring (bicyclic) bond motifs is 1. The summed E-state index contributed by atoms with van der Waals surface area (Å²) in [6, 6.07) is 3.60. The van der Waals surface area contributed by atoms with E-state index in [9.17, 15) is 4.79 Å². The van der Waals surface area contributed by atoms with Crippen molar-refractivity contribution < 1.29 is 4.79 Å². The molecule has 1 unspecified atom stereocenters. The van der Waals surface area contributed by atoms with E-state index in [1.165, 1.54) is 34.2 Å². The zero-order valence-electron chi connectivity index (χ0n) is 15.6. The van der Waals surface area contributed by atoms with E-state index in [0.717, 1.165) is 34.2 Å². The molecule has 3 aromatic rings. The molecular formula is C19H20BrN5OS2. The minimum atomic E-state index is -0.119. The second-order valence-electron chi connectivity index (χ2n) is 6.96. The van der Waals surface area contributed by atoms with Gasteiger partial charge in [0.15, 0.2) is 11.0 Å². The molecule has 28 heavy (non-hydrogen) atoms. The van der Waals surface area contributed by atoms with Gasteiger partial charge in [-0.1, -0.05) is 18.7 Å². The zero-order valence-corrected chi connectivity index (χ0v) is 18.8. The van der Waals surface area contributed by atoms with Crippen LogP contribution in [0.15, 0.2) is 33.3 Å². The number of carbonyl (C=O) groups is 1. The predicted molar refractivity (Wildman–Crippen MR) is 117 cm³/mol. The average molecular weight is 478 g/mol. The Morgan fingerprint density at radius 2 is 2.29 bits per heavy atom. The van der Waals surface area contributed by atoms with Crippen molar-refractivity contribution >= 4 is 50.8 Å². The highest BCUT2D eigenvalue weighted by molar-refractivity contribution is 9.10.